The molecule has 6 nitrogen and oxygen atoms in total. The molecule has 1 saturated heterocycles. The van der Waals surface area contributed by atoms with E-state index in [9.17, 15) is 22.4 Å². The molecule has 3 atom stereocenters. The van der Waals surface area contributed by atoms with Crippen molar-refractivity contribution in [2.75, 3.05) is 13.2 Å². The Morgan fingerprint density at radius 3 is 2.58 bits per heavy atom. The summed E-state index contributed by atoms with van der Waals surface area (Å²) in [7, 11) is 0. The van der Waals surface area contributed by atoms with Crippen molar-refractivity contribution in [3.05, 3.63) is 51.6 Å². The summed E-state index contributed by atoms with van der Waals surface area (Å²) < 4.78 is 62.0. The van der Waals surface area contributed by atoms with Gasteiger partial charge in [0.05, 0.1) is 17.8 Å². The maximum atomic E-state index is 14.3. The van der Waals surface area contributed by atoms with E-state index in [-0.39, 0.29) is 30.9 Å². The van der Waals surface area contributed by atoms with Gasteiger partial charge in [-0.3, -0.25) is 9.48 Å². The van der Waals surface area contributed by atoms with Crippen LogP contribution in [0.15, 0.2) is 18.2 Å². The molecule has 1 unspecified atom stereocenters. The van der Waals surface area contributed by atoms with Gasteiger partial charge in [-0.2, -0.15) is 18.3 Å². The van der Waals surface area contributed by atoms with Crippen LogP contribution in [0.1, 0.15) is 67.1 Å². The molecule has 0 bridgehead atoms. The number of halogens is 6. The molecule has 1 aliphatic carbocycles. The summed E-state index contributed by atoms with van der Waals surface area (Å²) in [5, 5.41) is 4.39. The third kappa shape index (κ3) is 6.33. The van der Waals surface area contributed by atoms with Crippen LogP contribution in [0.3, 0.4) is 0 Å². The van der Waals surface area contributed by atoms with Crippen molar-refractivity contribution in [2.24, 2.45) is 5.73 Å². The SMILES string of the molecule is Cc1cc(F)cc([C@@H]2[C@H](OCCC(C)N)CCN2C(=O)Cn2nc(C3CC3)cc2C(F)(F)F)c1Cl.Cl. The molecule has 36 heavy (non-hydrogen) atoms. The zero-order valence-corrected chi connectivity index (χ0v) is 21.6. The highest BCUT2D eigenvalue weighted by atomic mass is 35.5. The van der Waals surface area contributed by atoms with Gasteiger partial charge in [0.2, 0.25) is 5.91 Å². The largest absolute Gasteiger partial charge is 0.433 e. The molecule has 12 heteroatoms. The predicted octanol–water partition coefficient (Wildman–Crippen LogP) is 5.40. The number of ether oxygens (including phenoxy) is 1. The molecule has 2 N–H and O–H groups in total. The topological polar surface area (TPSA) is 73.4 Å². The van der Waals surface area contributed by atoms with Crippen molar-refractivity contribution in [2.45, 2.75) is 76.4 Å². The maximum absolute atomic E-state index is 14.3. The number of amides is 1. The van der Waals surface area contributed by atoms with Crippen LogP contribution in [0.25, 0.3) is 0 Å². The minimum atomic E-state index is -4.64. The van der Waals surface area contributed by atoms with E-state index in [1.54, 1.807) is 6.92 Å². The van der Waals surface area contributed by atoms with Crippen LogP contribution in [0, 0.1) is 12.7 Å². The Balaban J connectivity index is 0.00000361. The van der Waals surface area contributed by atoms with E-state index in [1.807, 2.05) is 6.92 Å². The van der Waals surface area contributed by atoms with Crippen molar-refractivity contribution in [1.82, 2.24) is 14.7 Å². The molecule has 4 rings (SSSR count). The molecule has 1 aliphatic heterocycles. The predicted molar refractivity (Wildman–Crippen MR) is 130 cm³/mol. The molecule has 200 valence electrons. The van der Waals surface area contributed by atoms with Crippen molar-refractivity contribution in [1.29, 1.82) is 0 Å². The Bertz CT molecular complexity index is 1090. The number of alkyl halides is 3. The molecule has 2 fully saturated rings. The van der Waals surface area contributed by atoms with Gasteiger partial charge in [0.1, 0.15) is 18.1 Å². The van der Waals surface area contributed by atoms with Gasteiger partial charge in [0, 0.05) is 30.1 Å². The smallest absolute Gasteiger partial charge is 0.376 e. The zero-order chi connectivity index (χ0) is 25.5. The fraction of sp³-hybridized carbons (Fsp3) is 0.583. The number of benzene rings is 1. The lowest BCUT2D eigenvalue weighted by Gasteiger charge is -2.30. The van der Waals surface area contributed by atoms with Gasteiger partial charge in [0.15, 0.2) is 0 Å². The Kier molecular flexibility index (Phi) is 8.96. The van der Waals surface area contributed by atoms with Crippen LogP contribution in [0.5, 0.6) is 0 Å². The second-order valence-electron chi connectivity index (χ2n) is 9.51. The number of nitrogens with two attached hydrogens (primary N) is 1. The van der Waals surface area contributed by atoms with Crippen LogP contribution < -0.4 is 5.73 Å². The first-order chi connectivity index (χ1) is 16.5. The van der Waals surface area contributed by atoms with Gasteiger partial charge in [0.25, 0.3) is 0 Å². The molecule has 2 aliphatic rings. The van der Waals surface area contributed by atoms with E-state index in [0.29, 0.717) is 41.3 Å². The standard InChI is InChI=1S/C24H29ClF4N4O2.ClH/c1-13-9-16(26)10-17(22(13)25)23-19(35-8-6-14(2)30)5-7-32(23)21(34)12-33-20(24(27,28)29)11-18(31-33)15-3-4-15;/h9-11,14-15,19,23H,3-8,12,30H2,1-2H3;1H/t14?,19-,23-;/m1./s1. The van der Waals surface area contributed by atoms with Gasteiger partial charge in [-0.05, 0) is 68.9 Å². The maximum Gasteiger partial charge on any atom is 0.433 e. The average molecular weight is 553 g/mol. The van der Waals surface area contributed by atoms with E-state index >= 15 is 0 Å². The van der Waals surface area contributed by atoms with E-state index in [0.717, 1.165) is 23.6 Å². The Morgan fingerprint density at radius 1 is 1.28 bits per heavy atom. The molecule has 1 aromatic heterocycles. The van der Waals surface area contributed by atoms with E-state index < -0.39 is 42.3 Å². The third-order valence-corrected chi connectivity index (χ3v) is 7.02. The van der Waals surface area contributed by atoms with Crippen molar-refractivity contribution in [3.63, 3.8) is 0 Å². The van der Waals surface area contributed by atoms with E-state index in [4.69, 9.17) is 22.1 Å². The molecular weight excluding hydrogens is 523 g/mol. The Morgan fingerprint density at radius 2 is 1.97 bits per heavy atom. The Hall–Kier alpha value is -1.88. The lowest BCUT2D eigenvalue weighted by molar-refractivity contribution is -0.146. The van der Waals surface area contributed by atoms with E-state index in [2.05, 4.69) is 5.10 Å². The first-order valence-electron chi connectivity index (χ1n) is 11.7. The Labute approximate surface area is 218 Å². The number of rotatable bonds is 8. The quantitative estimate of drug-likeness (QED) is 0.445. The molecule has 2 aromatic rings. The monoisotopic (exact) mass is 552 g/mol. The van der Waals surface area contributed by atoms with Crippen LogP contribution in [-0.2, 0) is 22.3 Å². The summed E-state index contributed by atoms with van der Waals surface area (Å²) in [5.74, 6) is -1.08. The van der Waals surface area contributed by atoms with Crippen molar-refractivity contribution < 1.29 is 27.1 Å². The summed E-state index contributed by atoms with van der Waals surface area (Å²) in [4.78, 5) is 14.8. The van der Waals surface area contributed by atoms with Crippen LogP contribution >= 0.6 is 24.0 Å². The van der Waals surface area contributed by atoms with Gasteiger partial charge in [-0.1, -0.05) is 11.6 Å². The first kappa shape index (κ1) is 28.7. The number of carbonyl (C=O) groups is 1. The van der Waals surface area contributed by atoms with Crippen LogP contribution in [0.2, 0.25) is 5.02 Å². The van der Waals surface area contributed by atoms with E-state index in [1.165, 1.54) is 17.0 Å². The van der Waals surface area contributed by atoms with Crippen molar-refractivity contribution in [3.8, 4) is 0 Å². The molecule has 1 saturated carbocycles. The highest BCUT2D eigenvalue weighted by Crippen LogP contribution is 2.42. The normalized spacial score (nSPS) is 20.9. The lowest BCUT2D eigenvalue weighted by Crippen LogP contribution is -2.37. The van der Waals surface area contributed by atoms with Crippen molar-refractivity contribution >= 4 is 29.9 Å². The number of nitrogens with zero attached hydrogens (tertiary/aromatic N) is 3. The number of hydrogen-bond acceptors (Lipinski definition) is 4. The second kappa shape index (κ2) is 11.2. The zero-order valence-electron chi connectivity index (χ0n) is 20.0. The highest BCUT2D eigenvalue weighted by Gasteiger charge is 2.42. The summed E-state index contributed by atoms with van der Waals surface area (Å²) in [6, 6.07) is 2.74. The number of likely N-dealkylation sites (tertiary alicyclic amines) is 1. The first-order valence-corrected chi connectivity index (χ1v) is 12.1. The number of aryl methyl sites for hydroxylation is 1. The van der Waals surface area contributed by atoms with Crippen LogP contribution in [0.4, 0.5) is 17.6 Å². The van der Waals surface area contributed by atoms with Gasteiger partial charge < -0.3 is 15.4 Å². The summed E-state index contributed by atoms with van der Waals surface area (Å²) >= 11 is 6.51. The molecule has 1 amide bonds. The fourth-order valence-corrected chi connectivity index (χ4v) is 4.76. The molecule has 2 heterocycles. The van der Waals surface area contributed by atoms with Gasteiger partial charge in [-0.25, -0.2) is 4.39 Å². The summed E-state index contributed by atoms with van der Waals surface area (Å²) in [6.07, 6.45) is -2.56. The fourth-order valence-electron chi connectivity index (χ4n) is 4.54. The number of carbonyl (C=O) groups excluding carboxylic acids is 1. The molecular formula is C24H30Cl2F4N4O2. The average Bonchev–Trinajstić information content (AvgIpc) is 3.38. The van der Waals surface area contributed by atoms with Crippen LogP contribution in [-0.4, -0.2) is 45.9 Å². The molecule has 0 radical (unpaired) electrons. The minimum Gasteiger partial charge on any atom is -0.376 e. The number of aromatic nitrogens is 2. The van der Waals surface area contributed by atoms with Gasteiger partial charge in [-0.15, -0.1) is 12.4 Å². The highest BCUT2D eigenvalue weighted by molar-refractivity contribution is 6.32. The summed E-state index contributed by atoms with van der Waals surface area (Å²) in [6.45, 7) is 3.47. The third-order valence-electron chi connectivity index (χ3n) is 6.50. The minimum absolute atomic E-state index is 0. The number of hydrogen-bond donors (Lipinski definition) is 1. The molecule has 1 aromatic carbocycles. The second-order valence-corrected chi connectivity index (χ2v) is 9.88. The van der Waals surface area contributed by atoms with Gasteiger partial charge >= 0.3 is 6.18 Å². The molecule has 0 spiro atoms. The summed E-state index contributed by atoms with van der Waals surface area (Å²) in [5.41, 5.74) is 6.08. The lowest BCUT2D eigenvalue weighted by atomic mass is 9.99.